The second-order valence-corrected chi connectivity index (χ2v) is 6.55. The zero-order chi connectivity index (χ0) is 19.6. The number of amides is 1. The second-order valence-electron chi connectivity index (χ2n) is 6.55. The van der Waals surface area contributed by atoms with Crippen molar-refractivity contribution in [2.75, 3.05) is 25.5 Å². The van der Waals surface area contributed by atoms with Gasteiger partial charge in [0.2, 0.25) is 0 Å². The van der Waals surface area contributed by atoms with E-state index in [1.165, 1.54) is 18.2 Å². The summed E-state index contributed by atoms with van der Waals surface area (Å²) in [4.78, 5) is 31.0. The summed E-state index contributed by atoms with van der Waals surface area (Å²) in [5, 5.41) is 2.25. The predicted molar refractivity (Wildman–Crippen MR) is 100 cm³/mol. The fourth-order valence-electron chi connectivity index (χ4n) is 3.06. The number of likely N-dealkylation sites (tertiary alicyclic amines) is 1. The second kappa shape index (κ2) is 9.16. The Morgan fingerprint density at radius 3 is 2.32 bits per heavy atom. The Balaban J connectivity index is 0.00000280. The molecule has 3 rings (SSSR count). The number of rotatable bonds is 4. The molecular formula is C19H19ClF3N3O2. The number of anilines is 1. The Hall–Kier alpha value is -2.45. The van der Waals surface area contributed by atoms with Crippen molar-refractivity contribution < 1.29 is 22.8 Å². The lowest BCUT2D eigenvalue weighted by Gasteiger charge is -2.27. The molecule has 0 bridgehead atoms. The standard InChI is InChI=1S/C19H18F3N3O2.ClH/c1-25-7-5-11(6-8-25)18(26)15-3-2-4-16(23-15)24-19(27)17-13(21)9-12(20)10-14(17)22;/h2-4,9-11H,5-8H2,1H3,(H,23,24,27);1H. The summed E-state index contributed by atoms with van der Waals surface area (Å²) in [6.07, 6.45) is 1.44. The van der Waals surface area contributed by atoms with Crippen LogP contribution < -0.4 is 5.32 Å². The van der Waals surface area contributed by atoms with Gasteiger partial charge in [-0.15, -0.1) is 12.4 Å². The van der Waals surface area contributed by atoms with Gasteiger partial charge in [0.05, 0.1) is 0 Å². The van der Waals surface area contributed by atoms with E-state index >= 15 is 0 Å². The van der Waals surface area contributed by atoms with Crippen molar-refractivity contribution >= 4 is 29.9 Å². The molecule has 1 saturated heterocycles. The summed E-state index contributed by atoms with van der Waals surface area (Å²) in [6, 6.07) is 5.32. The van der Waals surface area contributed by atoms with Crippen LogP contribution in [0.1, 0.15) is 33.7 Å². The normalized spacial score (nSPS) is 15.0. The third kappa shape index (κ3) is 4.88. The number of ketones is 1. The summed E-state index contributed by atoms with van der Waals surface area (Å²) in [5.74, 6) is -5.15. The number of aromatic nitrogens is 1. The average molecular weight is 414 g/mol. The van der Waals surface area contributed by atoms with Crippen molar-refractivity contribution in [1.82, 2.24) is 9.88 Å². The van der Waals surface area contributed by atoms with E-state index in [0.29, 0.717) is 12.1 Å². The molecule has 1 amide bonds. The van der Waals surface area contributed by atoms with Crippen molar-refractivity contribution in [3.63, 3.8) is 0 Å². The molecule has 0 unspecified atom stereocenters. The highest BCUT2D eigenvalue weighted by atomic mass is 35.5. The molecule has 150 valence electrons. The minimum absolute atomic E-state index is 0. The van der Waals surface area contributed by atoms with E-state index in [9.17, 15) is 22.8 Å². The first kappa shape index (κ1) is 21.8. The maximum absolute atomic E-state index is 13.7. The Bertz CT molecular complexity index is 863. The number of Topliss-reactive ketones (excluding diaryl/α,β-unsaturated/α-hetero) is 1. The molecule has 1 aliphatic rings. The summed E-state index contributed by atoms with van der Waals surface area (Å²) < 4.78 is 40.4. The van der Waals surface area contributed by atoms with E-state index in [1.54, 1.807) is 0 Å². The van der Waals surface area contributed by atoms with Crippen LogP contribution in [-0.2, 0) is 0 Å². The van der Waals surface area contributed by atoms with E-state index in [1.807, 2.05) is 7.05 Å². The SMILES string of the molecule is CN1CCC(C(=O)c2cccc(NC(=O)c3c(F)cc(F)cc3F)n2)CC1.Cl. The van der Waals surface area contributed by atoms with Gasteiger partial charge in [0, 0.05) is 18.1 Å². The highest BCUT2D eigenvalue weighted by Gasteiger charge is 2.26. The van der Waals surface area contributed by atoms with Crippen LogP contribution in [0.3, 0.4) is 0 Å². The molecule has 2 heterocycles. The van der Waals surface area contributed by atoms with E-state index in [4.69, 9.17) is 0 Å². The lowest BCUT2D eigenvalue weighted by Crippen LogP contribution is -2.33. The molecule has 28 heavy (non-hydrogen) atoms. The number of hydrogen-bond donors (Lipinski definition) is 1. The van der Waals surface area contributed by atoms with Crippen molar-refractivity contribution in [3.8, 4) is 0 Å². The molecule has 1 aromatic carbocycles. The number of benzene rings is 1. The zero-order valence-corrected chi connectivity index (χ0v) is 15.9. The predicted octanol–water partition coefficient (Wildman–Crippen LogP) is 3.70. The average Bonchev–Trinajstić information content (AvgIpc) is 2.61. The highest BCUT2D eigenvalue weighted by molar-refractivity contribution is 6.04. The Kier molecular flexibility index (Phi) is 7.15. The zero-order valence-electron chi connectivity index (χ0n) is 15.0. The van der Waals surface area contributed by atoms with Crippen LogP contribution in [0, 0.1) is 23.4 Å². The molecule has 0 aliphatic carbocycles. The minimum Gasteiger partial charge on any atom is -0.306 e. The minimum atomic E-state index is -1.32. The molecule has 1 fully saturated rings. The first-order valence-corrected chi connectivity index (χ1v) is 8.51. The number of nitrogens with zero attached hydrogens (tertiary/aromatic N) is 2. The lowest BCUT2D eigenvalue weighted by atomic mass is 9.91. The van der Waals surface area contributed by atoms with Crippen LogP contribution in [0.25, 0.3) is 0 Å². The molecule has 0 spiro atoms. The van der Waals surface area contributed by atoms with Crippen molar-refractivity contribution in [3.05, 3.63) is 59.0 Å². The van der Waals surface area contributed by atoms with Crippen LogP contribution in [0.4, 0.5) is 19.0 Å². The third-order valence-corrected chi connectivity index (χ3v) is 4.57. The van der Waals surface area contributed by atoms with Crippen LogP contribution in [0.2, 0.25) is 0 Å². The van der Waals surface area contributed by atoms with Gasteiger partial charge in [-0.05, 0) is 45.1 Å². The maximum atomic E-state index is 13.7. The van der Waals surface area contributed by atoms with Gasteiger partial charge < -0.3 is 10.2 Å². The molecule has 5 nitrogen and oxygen atoms in total. The Morgan fingerprint density at radius 1 is 1.11 bits per heavy atom. The van der Waals surface area contributed by atoms with E-state index in [0.717, 1.165) is 25.9 Å². The molecule has 1 aromatic heterocycles. The van der Waals surface area contributed by atoms with E-state index < -0.39 is 28.9 Å². The number of nitrogens with one attached hydrogen (secondary N) is 1. The fourth-order valence-corrected chi connectivity index (χ4v) is 3.06. The summed E-state index contributed by atoms with van der Waals surface area (Å²) >= 11 is 0. The van der Waals surface area contributed by atoms with E-state index in [-0.39, 0.29) is 35.6 Å². The first-order valence-electron chi connectivity index (χ1n) is 8.51. The van der Waals surface area contributed by atoms with E-state index in [2.05, 4.69) is 15.2 Å². The highest BCUT2D eigenvalue weighted by Crippen LogP contribution is 2.21. The molecule has 1 N–H and O–H groups in total. The van der Waals surface area contributed by atoms with Crippen molar-refractivity contribution in [2.45, 2.75) is 12.8 Å². The maximum Gasteiger partial charge on any atom is 0.262 e. The molecule has 0 saturated carbocycles. The fraction of sp³-hybridized carbons (Fsp3) is 0.316. The number of carbonyl (C=O) groups is 2. The van der Waals surface area contributed by atoms with Gasteiger partial charge in [0.15, 0.2) is 5.78 Å². The summed E-state index contributed by atoms with van der Waals surface area (Å²) in [7, 11) is 1.99. The topological polar surface area (TPSA) is 62.3 Å². The van der Waals surface area contributed by atoms with Gasteiger partial charge >= 0.3 is 0 Å². The molecule has 9 heteroatoms. The van der Waals surface area contributed by atoms with Gasteiger partial charge in [0.1, 0.15) is 34.5 Å². The quantitative estimate of drug-likeness (QED) is 0.776. The molecule has 2 aromatic rings. The van der Waals surface area contributed by atoms with Crippen LogP contribution in [-0.4, -0.2) is 41.7 Å². The molecule has 0 atom stereocenters. The first-order chi connectivity index (χ1) is 12.8. The Labute approximate surface area is 166 Å². The molecular weight excluding hydrogens is 395 g/mol. The smallest absolute Gasteiger partial charge is 0.262 e. The van der Waals surface area contributed by atoms with Gasteiger partial charge in [-0.2, -0.15) is 0 Å². The Morgan fingerprint density at radius 2 is 1.71 bits per heavy atom. The molecule has 1 aliphatic heterocycles. The largest absolute Gasteiger partial charge is 0.306 e. The van der Waals surface area contributed by atoms with Gasteiger partial charge in [-0.1, -0.05) is 6.07 Å². The van der Waals surface area contributed by atoms with Crippen molar-refractivity contribution in [1.29, 1.82) is 0 Å². The summed E-state index contributed by atoms with van der Waals surface area (Å²) in [6.45, 7) is 1.63. The number of hydrogen-bond acceptors (Lipinski definition) is 4. The summed E-state index contributed by atoms with van der Waals surface area (Å²) in [5.41, 5.74) is -0.729. The van der Waals surface area contributed by atoms with Gasteiger partial charge in [-0.3, -0.25) is 9.59 Å². The number of carbonyl (C=O) groups excluding carboxylic acids is 2. The number of halogens is 4. The number of piperidine rings is 1. The number of pyridine rings is 1. The monoisotopic (exact) mass is 413 g/mol. The van der Waals surface area contributed by atoms with Crippen LogP contribution in [0.5, 0.6) is 0 Å². The van der Waals surface area contributed by atoms with Crippen molar-refractivity contribution in [2.24, 2.45) is 5.92 Å². The van der Waals surface area contributed by atoms with Gasteiger partial charge in [0.25, 0.3) is 5.91 Å². The van der Waals surface area contributed by atoms with Crippen LogP contribution >= 0.6 is 12.4 Å². The van der Waals surface area contributed by atoms with Gasteiger partial charge in [-0.25, -0.2) is 18.2 Å². The lowest BCUT2D eigenvalue weighted by molar-refractivity contribution is 0.0851. The van der Waals surface area contributed by atoms with Crippen LogP contribution in [0.15, 0.2) is 30.3 Å². The third-order valence-electron chi connectivity index (χ3n) is 4.57. The molecule has 0 radical (unpaired) electrons.